The standard InChI is InChI=1S/C35H38ClN3O6S/c1-5-37-35(41)32(21-26-9-7-6-8-10-26)38(23-27-13-15-28(36)16-14-27)34(40)24-39(31-22-29(44-3)17-20-33(31)45-4)46(42,43)30-18-11-25(2)12-19-30/h6-20,22,32H,5,21,23-24H2,1-4H3,(H,37,41)/t32-/m1/s1. The monoisotopic (exact) mass is 663 g/mol. The number of amides is 2. The minimum atomic E-state index is -4.32. The van der Waals surface area contributed by atoms with Crippen molar-refractivity contribution in [3.05, 3.63) is 119 Å². The molecule has 0 heterocycles. The smallest absolute Gasteiger partial charge is 0.264 e. The number of benzene rings is 4. The maximum Gasteiger partial charge on any atom is 0.264 e. The van der Waals surface area contributed by atoms with Gasteiger partial charge in [-0.05, 0) is 61.4 Å². The summed E-state index contributed by atoms with van der Waals surface area (Å²) in [6.45, 7) is 3.40. The van der Waals surface area contributed by atoms with Crippen molar-refractivity contribution in [2.45, 2.75) is 37.8 Å². The van der Waals surface area contributed by atoms with Crippen molar-refractivity contribution in [1.29, 1.82) is 0 Å². The van der Waals surface area contributed by atoms with Gasteiger partial charge in [-0.1, -0.05) is 71.8 Å². The van der Waals surface area contributed by atoms with E-state index in [-0.39, 0.29) is 35.2 Å². The molecule has 0 fully saturated rings. The summed E-state index contributed by atoms with van der Waals surface area (Å²) in [5, 5.41) is 3.37. The molecule has 1 atom stereocenters. The van der Waals surface area contributed by atoms with Gasteiger partial charge in [-0.25, -0.2) is 8.42 Å². The van der Waals surface area contributed by atoms with Crippen LogP contribution in [0.4, 0.5) is 5.69 Å². The largest absolute Gasteiger partial charge is 0.497 e. The number of sulfonamides is 1. The molecule has 0 aromatic heterocycles. The average Bonchev–Trinajstić information content (AvgIpc) is 3.06. The van der Waals surface area contributed by atoms with E-state index in [0.29, 0.717) is 22.9 Å². The summed E-state index contributed by atoms with van der Waals surface area (Å²) >= 11 is 6.14. The number of methoxy groups -OCH3 is 2. The second-order valence-electron chi connectivity index (χ2n) is 10.6. The number of rotatable bonds is 14. The molecule has 0 saturated carbocycles. The lowest BCUT2D eigenvalue weighted by molar-refractivity contribution is -0.140. The number of carbonyl (C=O) groups is 2. The maximum absolute atomic E-state index is 14.6. The fourth-order valence-corrected chi connectivity index (χ4v) is 6.52. The van der Waals surface area contributed by atoms with Crippen molar-refractivity contribution < 1.29 is 27.5 Å². The van der Waals surface area contributed by atoms with Crippen LogP contribution in [0.3, 0.4) is 0 Å². The Bertz CT molecular complexity index is 1730. The van der Waals surface area contributed by atoms with Crippen LogP contribution in [0.15, 0.2) is 102 Å². The van der Waals surface area contributed by atoms with Gasteiger partial charge in [0.2, 0.25) is 11.8 Å². The number of hydrogen-bond donors (Lipinski definition) is 1. The Morgan fingerprint density at radius 2 is 1.54 bits per heavy atom. The van der Waals surface area contributed by atoms with Gasteiger partial charge < -0.3 is 19.7 Å². The molecule has 2 amide bonds. The van der Waals surface area contributed by atoms with E-state index in [0.717, 1.165) is 15.4 Å². The summed E-state index contributed by atoms with van der Waals surface area (Å²) < 4.78 is 40.6. The number of nitrogens with zero attached hydrogens (tertiary/aromatic N) is 2. The predicted molar refractivity (Wildman–Crippen MR) is 180 cm³/mol. The molecule has 0 aliphatic carbocycles. The molecule has 1 N–H and O–H groups in total. The zero-order valence-electron chi connectivity index (χ0n) is 26.3. The zero-order chi connectivity index (χ0) is 33.3. The van der Waals surface area contributed by atoms with E-state index in [1.54, 1.807) is 55.5 Å². The minimum Gasteiger partial charge on any atom is -0.497 e. The summed E-state index contributed by atoms with van der Waals surface area (Å²) in [5.41, 5.74) is 2.54. The number of aryl methyl sites for hydroxylation is 1. The Hall–Kier alpha value is -4.54. The van der Waals surface area contributed by atoms with Crippen LogP contribution in [0.5, 0.6) is 11.5 Å². The van der Waals surface area contributed by atoms with Gasteiger partial charge in [0.15, 0.2) is 0 Å². The minimum absolute atomic E-state index is 0.00964. The first kappa shape index (κ1) is 34.3. The molecule has 4 aromatic carbocycles. The second kappa shape index (κ2) is 15.6. The van der Waals surface area contributed by atoms with Crippen LogP contribution in [-0.4, -0.2) is 58.5 Å². The lowest BCUT2D eigenvalue weighted by atomic mass is 10.0. The molecule has 0 aliphatic heterocycles. The molecule has 4 rings (SSSR count). The Labute approximate surface area is 275 Å². The van der Waals surface area contributed by atoms with Gasteiger partial charge in [0.1, 0.15) is 24.1 Å². The molecular formula is C35H38ClN3O6S. The highest BCUT2D eigenvalue weighted by Gasteiger charge is 2.35. The zero-order valence-corrected chi connectivity index (χ0v) is 27.8. The lowest BCUT2D eigenvalue weighted by Gasteiger charge is -2.34. The molecule has 9 nitrogen and oxygen atoms in total. The molecule has 0 bridgehead atoms. The second-order valence-corrected chi connectivity index (χ2v) is 12.9. The van der Waals surface area contributed by atoms with Crippen LogP contribution in [0, 0.1) is 6.92 Å². The van der Waals surface area contributed by atoms with E-state index in [2.05, 4.69) is 5.32 Å². The highest BCUT2D eigenvalue weighted by molar-refractivity contribution is 7.92. The van der Waals surface area contributed by atoms with E-state index in [4.69, 9.17) is 21.1 Å². The average molecular weight is 664 g/mol. The third-order valence-corrected chi connectivity index (χ3v) is 9.46. The van der Waals surface area contributed by atoms with Crippen LogP contribution >= 0.6 is 11.6 Å². The van der Waals surface area contributed by atoms with Crippen LogP contribution in [0.2, 0.25) is 5.02 Å². The number of nitrogens with one attached hydrogen (secondary N) is 1. The fraction of sp³-hybridized carbons (Fsp3) is 0.257. The number of anilines is 1. The van der Waals surface area contributed by atoms with Gasteiger partial charge in [-0.15, -0.1) is 0 Å². The maximum atomic E-state index is 14.6. The van der Waals surface area contributed by atoms with E-state index < -0.39 is 28.5 Å². The Kier molecular flexibility index (Phi) is 11.7. The van der Waals surface area contributed by atoms with Gasteiger partial charge in [0.05, 0.1) is 24.8 Å². The highest BCUT2D eigenvalue weighted by Crippen LogP contribution is 2.36. The molecule has 242 valence electrons. The number of hydrogen-bond acceptors (Lipinski definition) is 6. The fourth-order valence-electron chi connectivity index (χ4n) is 4.97. The SMILES string of the molecule is CCNC(=O)[C@@H](Cc1ccccc1)N(Cc1ccc(Cl)cc1)C(=O)CN(c1cc(OC)ccc1OC)S(=O)(=O)c1ccc(C)cc1. The predicted octanol–water partition coefficient (Wildman–Crippen LogP) is 5.64. The van der Waals surface area contributed by atoms with Gasteiger partial charge in [-0.3, -0.25) is 13.9 Å². The van der Waals surface area contributed by atoms with Crippen LogP contribution in [-0.2, 0) is 32.6 Å². The topological polar surface area (TPSA) is 105 Å². The number of carbonyl (C=O) groups excluding carboxylic acids is 2. The van der Waals surface area contributed by atoms with Crippen molar-refractivity contribution in [3.8, 4) is 11.5 Å². The van der Waals surface area contributed by atoms with Gasteiger partial charge in [0.25, 0.3) is 10.0 Å². The first-order chi connectivity index (χ1) is 22.1. The van der Waals surface area contributed by atoms with Gasteiger partial charge in [-0.2, -0.15) is 0 Å². The molecule has 0 unspecified atom stereocenters. The molecule has 46 heavy (non-hydrogen) atoms. The number of likely N-dealkylation sites (N-methyl/N-ethyl adjacent to an activating group) is 1. The third-order valence-electron chi connectivity index (χ3n) is 7.43. The Morgan fingerprint density at radius 1 is 0.870 bits per heavy atom. The first-order valence-corrected chi connectivity index (χ1v) is 16.6. The van der Waals surface area contributed by atoms with E-state index in [1.165, 1.54) is 37.3 Å². The molecule has 0 saturated heterocycles. The van der Waals surface area contributed by atoms with E-state index >= 15 is 0 Å². The number of ether oxygens (including phenoxy) is 2. The highest BCUT2D eigenvalue weighted by atomic mass is 35.5. The summed E-state index contributed by atoms with van der Waals surface area (Å²) in [6.07, 6.45) is 0.208. The summed E-state index contributed by atoms with van der Waals surface area (Å²) in [4.78, 5) is 29.6. The molecule has 0 spiro atoms. The van der Waals surface area contributed by atoms with Crippen molar-refractivity contribution in [2.24, 2.45) is 0 Å². The molecule has 4 aromatic rings. The van der Waals surface area contributed by atoms with Crippen molar-refractivity contribution in [2.75, 3.05) is 31.6 Å². The van der Waals surface area contributed by atoms with Gasteiger partial charge in [0, 0.05) is 30.6 Å². The third kappa shape index (κ3) is 8.38. The molecule has 11 heteroatoms. The number of halogens is 1. The normalized spacial score (nSPS) is 11.8. The van der Waals surface area contributed by atoms with Crippen LogP contribution in [0.25, 0.3) is 0 Å². The summed E-state index contributed by atoms with van der Waals surface area (Å²) in [7, 11) is -1.44. The van der Waals surface area contributed by atoms with Crippen LogP contribution in [0.1, 0.15) is 23.6 Å². The first-order valence-electron chi connectivity index (χ1n) is 14.7. The van der Waals surface area contributed by atoms with Crippen LogP contribution < -0.4 is 19.1 Å². The van der Waals surface area contributed by atoms with Crippen molar-refractivity contribution in [3.63, 3.8) is 0 Å². The Morgan fingerprint density at radius 3 is 2.15 bits per heavy atom. The van der Waals surface area contributed by atoms with Crippen molar-refractivity contribution >= 4 is 39.1 Å². The summed E-state index contributed by atoms with van der Waals surface area (Å²) in [6, 6.07) is 26.4. The van der Waals surface area contributed by atoms with E-state index in [9.17, 15) is 18.0 Å². The van der Waals surface area contributed by atoms with E-state index in [1.807, 2.05) is 37.3 Å². The quantitative estimate of drug-likeness (QED) is 0.187. The molecule has 0 aliphatic rings. The molecular weight excluding hydrogens is 626 g/mol. The Balaban J connectivity index is 1.85. The summed E-state index contributed by atoms with van der Waals surface area (Å²) in [5.74, 6) is -0.365. The lowest BCUT2D eigenvalue weighted by Crippen LogP contribution is -2.53. The van der Waals surface area contributed by atoms with Gasteiger partial charge >= 0.3 is 0 Å². The molecule has 0 radical (unpaired) electrons. The van der Waals surface area contributed by atoms with Crippen molar-refractivity contribution in [1.82, 2.24) is 10.2 Å².